The maximum atomic E-state index is 11.3. The molecule has 5 heteroatoms. The third-order valence-electron chi connectivity index (χ3n) is 2.35. The minimum atomic E-state index is -0.390. The minimum Gasteiger partial charge on any atom is -0.467 e. The van der Waals surface area contributed by atoms with Gasteiger partial charge in [0.2, 0.25) is 0 Å². The number of nitrogens with zero attached hydrogens (tertiary/aromatic N) is 2. The van der Waals surface area contributed by atoms with Crippen LogP contribution in [0.25, 0.3) is 10.4 Å². The summed E-state index contributed by atoms with van der Waals surface area (Å²) in [6, 6.07) is 3.62. The van der Waals surface area contributed by atoms with Crippen molar-refractivity contribution >= 4 is 17.3 Å². The summed E-state index contributed by atoms with van der Waals surface area (Å²) in [5, 5.41) is 6.17. The standard InChI is InChI=1S/C11H12N2O2S/c1-8(11(14)15-2)13-7-9(6-12-13)10-4-3-5-16-10/h3-8H,1-2H3/t8-/m0/s1. The molecular weight excluding hydrogens is 224 g/mol. The zero-order chi connectivity index (χ0) is 11.5. The van der Waals surface area contributed by atoms with Crippen LogP contribution in [0.15, 0.2) is 29.9 Å². The minimum absolute atomic E-state index is 0.291. The van der Waals surface area contributed by atoms with Crippen molar-refractivity contribution in [2.75, 3.05) is 7.11 Å². The quantitative estimate of drug-likeness (QED) is 0.768. The Morgan fingerprint density at radius 3 is 3.06 bits per heavy atom. The first-order valence-corrected chi connectivity index (χ1v) is 5.76. The molecule has 0 radical (unpaired) electrons. The third-order valence-corrected chi connectivity index (χ3v) is 3.27. The van der Waals surface area contributed by atoms with Crippen LogP contribution in [0.3, 0.4) is 0 Å². The Labute approximate surface area is 97.5 Å². The SMILES string of the molecule is COC(=O)[C@H](C)n1cc(-c2cccs2)cn1. The molecule has 4 nitrogen and oxygen atoms in total. The maximum absolute atomic E-state index is 11.3. The molecule has 0 spiro atoms. The molecule has 84 valence electrons. The van der Waals surface area contributed by atoms with E-state index in [0.717, 1.165) is 10.4 Å². The van der Waals surface area contributed by atoms with E-state index in [9.17, 15) is 4.79 Å². The van der Waals surface area contributed by atoms with Crippen molar-refractivity contribution in [3.63, 3.8) is 0 Å². The van der Waals surface area contributed by atoms with Crippen LogP contribution in [0.4, 0.5) is 0 Å². The lowest BCUT2D eigenvalue weighted by Gasteiger charge is -2.08. The topological polar surface area (TPSA) is 44.1 Å². The lowest BCUT2D eigenvalue weighted by Crippen LogP contribution is -2.17. The fourth-order valence-corrected chi connectivity index (χ4v) is 2.10. The van der Waals surface area contributed by atoms with Crippen LogP contribution in [-0.2, 0) is 9.53 Å². The number of carbonyl (C=O) groups is 1. The monoisotopic (exact) mass is 236 g/mol. The van der Waals surface area contributed by atoms with E-state index < -0.39 is 6.04 Å². The van der Waals surface area contributed by atoms with Crippen LogP contribution in [-0.4, -0.2) is 22.9 Å². The zero-order valence-electron chi connectivity index (χ0n) is 9.08. The number of ether oxygens (including phenoxy) is 1. The molecule has 0 bridgehead atoms. The van der Waals surface area contributed by atoms with Gasteiger partial charge in [0, 0.05) is 16.6 Å². The number of carbonyl (C=O) groups excluding carboxylic acids is 1. The van der Waals surface area contributed by atoms with Crippen LogP contribution < -0.4 is 0 Å². The molecule has 16 heavy (non-hydrogen) atoms. The maximum Gasteiger partial charge on any atom is 0.330 e. The van der Waals surface area contributed by atoms with Crippen LogP contribution in [0, 0.1) is 0 Å². The van der Waals surface area contributed by atoms with E-state index in [0.29, 0.717) is 0 Å². The van der Waals surface area contributed by atoms with Gasteiger partial charge in [0.25, 0.3) is 0 Å². The predicted molar refractivity (Wildman–Crippen MR) is 62.3 cm³/mol. The van der Waals surface area contributed by atoms with Gasteiger partial charge in [-0.2, -0.15) is 5.10 Å². The molecule has 0 aliphatic heterocycles. The van der Waals surface area contributed by atoms with Gasteiger partial charge >= 0.3 is 5.97 Å². The first-order valence-electron chi connectivity index (χ1n) is 4.88. The number of hydrogen-bond acceptors (Lipinski definition) is 4. The molecule has 0 aliphatic carbocycles. The number of hydrogen-bond donors (Lipinski definition) is 0. The van der Waals surface area contributed by atoms with Gasteiger partial charge in [-0.15, -0.1) is 11.3 Å². The summed E-state index contributed by atoms with van der Waals surface area (Å²) in [6.45, 7) is 1.76. The largest absolute Gasteiger partial charge is 0.467 e. The van der Waals surface area contributed by atoms with Crippen molar-refractivity contribution in [2.24, 2.45) is 0 Å². The summed E-state index contributed by atoms with van der Waals surface area (Å²) in [4.78, 5) is 12.5. The summed E-state index contributed by atoms with van der Waals surface area (Å²) < 4.78 is 6.28. The third kappa shape index (κ3) is 1.99. The van der Waals surface area contributed by atoms with Gasteiger partial charge in [0.05, 0.1) is 13.3 Å². The van der Waals surface area contributed by atoms with Crippen molar-refractivity contribution in [2.45, 2.75) is 13.0 Å². The number of rotatable bonds is 3. The Bertz CT molecular complexity index is 476. The second-order valence-electron chi connectivity index (χ2n) is 3.39. The summed E-state index contributed by atoms with van der Waals surface area (Å²) >= 11 is 1.65. The highest BCUT2D eigenvalue weighted by atomic mass is 32.1. The van der Waals surface area contributed by atoms with Crippen LogP contribution in [0.2, 0.25) is 0 Å². The summed E-state index contributed by atoms with van der Waals surface area (Å²) in [6.07, 6.45) is 3.61. The number of aromatic nitrogens is 2. The van der Waals surface area contributed by atoms with E-state index in [-0.39, 0.29) is 5.97 Å². The smallest absolute Gasteiger partial charge is 0.330 e. The lowest BCUT2D eigenvalue weighted by molar-refractivity contribution is -0.144. The Morgan fingerprint density at radius 1 is 1.62 bits per heavy atom. The van der Waals surface area contributed by atoms with Gasteiger partial charge in [0.15, 0.2) is 0 Å². The van der Waals surface area contributed by atoms with Crippen molar-refractivity contribution in [1.29, 1.82) is 0 Å². The number of esters is 1. The molecule has 0 aliphatic rings. The highest BCUT2D eigenvalue weighted by molar-refractivity contribution is 7.13. The highest BCUT2D eigenvalue weighted by Crippen LogP contribution is 2.24. The van der Waals surface area contributed by atoms with Crippen molar-refractivity contribution in [3.05, 3.63) is 29.9 Å². The molecule has 2 heterocycles. The zero-order valence-corrected chi connectivity index (χ0v) is 9.90. The van der Waals surface area contributed by atoms with Crippen LogP contribution in [0.1, 0.15) is 13.0 Å². The Kier molecular flexibility index (Phi) is 3.05. The van der Waals surface area contributed by atoms with E-state index >= 15 is 0 Å². The van der Waals surface area contributed by atoms with E-state index in [1.165, 1.54) is 7.11 Å². The average molecular weight is 236 g/mol. The number of methoxy groups -OCH3 is 1. The average Bonchev–Trinajstić information content (AvgIpc) is 2.96. The lowest BCUT2D eigenvalue weighted by atomic mass is 10.3. The first kappa shape index (κ1) is 10.9. The molecule has 0 saturated carbocycles. The fourth-order valence-electron chi connectivity index (χ4n) is 1.40. The highest BCUT2D eigenvalue weighted by Gasteiger charge is 2.16. The molecule has 0 N–H and O–H groups in total. The van der Waals surface area contributed by atoms with Crippen LogP contribution in [0.5, 0.6) is 0 Å². The van der Waals surface area contributed by atoms with Gasteiger partial charge in [-0.1, -0.05) is 6.07 Å². The molecule has 2 aromatic rings. The van der Waals surface area contributed by atoms with E-state index in [1.807, 2.05) is 23.7 Å². The molecule has 0 saturated heterocycles. The van der Waals surface area contributed by atoms with E-state index in [2.05, 4.69) is 9.84 Å². The van der Waals surface area contributed by atoms with Crippen molar-refractivity contribution in [1.82, 2.24) is 9.78 Å². The second-order valence-corrected chi connectivity index (χ2v) is 4.33. The summed E-state index contributed by atoms with van der Waals surface area (Å²) in [7, 11) is 1.38. The Balaban J connectivity index is 2.23. The van der Waals surface area contributed by atoms with Crippen molar-refractivity contribution < 1.29 is 9.53 Å². The molecule has 2 rings (SSSR count). The van der Waals surface area contributed by atoms with E-state index in [4.69, 9.17) is 0 Å². The molecule has 0 aromatic carbocycles. The molecule has 0 unspecified atom stereocenters. The van der Waals surface area contributed by atoms with Gasteiger partial charge in [0.1, 0.15) is 6.04 Å². The molecular formula is C11H12N2O2S. The number of thiophene rings is 1. The van der Waals surface area contributed by atoms with Crippen LogP contribution >= 0.6 is 11.3 Å². The Morgan fingerprint density at radius 2 is 2.44 bits per heavy atom. The summed E-state index contributed by atoms with van der Waals surface area (Å²) in [5.74, 6) is -0.291. The first-order chi connectivity index (χ1) is 7.72. The van der Waals surface area contributed by atoms with Gasteiger partial charge in [-0.05, 0) is 18.4 Å². The normalized spacial score (nSPS) is 12.4. The van der Waals surface area contributed by atoms with Crippen molar-refractivity contribution in [3.8, 4) is 10.4 Å². The van der Waals surface area contributed by atoms with Gasteiger partial charge < -0.3 is 4.74 Å². The van der Waals surface area contributed by atoms with E-state index in [1.54, 1.807) is 29.1 Å². The fraction of sp³-hybridized carbons (Fsp3) is 0.273. The molecule has 0 fully saturated rings. The van der Waals surface area contributed by atoms with Gasteiger partial charge in [-0.3, -0.25) is 4.68 Å². The van der Waals surface area contributed by atoms with Gasteiger partial charge in [-0.25, -0.2) is 4.79 Å². The molecule has 0 amide bonds. The predicted octanol–water partition coefficient (Wildman–Crippen LogP) is 2.35. The second kappa shape index (κ2) is 4.49. The Hall–Kier alpha value is -1.62. The summed E-state index contributed by atoms with van der Waals surface area (Å²) in [5.41, 5.74) is 1.02. The molecule has 2 aromatic heterocycles. The molecule has 1 atom stereocenters.